The number of aromatic nitrogens is 2. The third-order valence-electron chi connectivity index (χ3n) is 3.06. The van der Waals surface area contributed by atoms with Gasteiger partial charge in [0, 0.05) is 0 Å². The van der Waals surface area contributed by atoms with E-state index < -0.39 is 5.82 Å². The van der Waals surface area contributed by atoms with Gasteiger partial charge >= 0.3 is 0 Å². The Bertz CT molecular complexity index is 856. The van der Waals surface area contributed by atoms with Gasteiger partial charge in [0.1, 0.15) is 17.1 Å². The monoisotopic (exact) mass is 308 g/mol. The maximum absolute atomic E-state index is 13.6. The molecule has 102 valence electrons. The molecule has 0 aliphatic rings. The first kappa shape index (κ1) is 13.1. The number of aromatic amines is 1. The van der Waals surface area contributed by atoms with Crippen LogP contribution in [0.1, 0.15) is 0 Å². The fourth-order valence-electron chi connectivity index (χ4n) is 2.15. The van der Waals surface area contributed by atoms with E-state index in [1.165, 1.54) is 12.1 Å². The topological polar surface area (TPSA) is 29.9 Å². The third-order valence-corrected chi connectivity index (χ3v) is 3.65. The normalized spacial score (nSPS) is 10.9. The van der Waals surface area contributed by atoms with Crippen LogP contribution in [0.2, 0.25) is 5.02 Å². The van der Waals surface area contributed by atoms with E-state index in [9.17, 15) is 4.39 Å². The van der Waals surface area contributed by atoms with Crippen LogP contribution in [0.25, 0.3) is 16.7 Å². The molecule has 0 aliphatic heterocycles. The van der Waals surface area contributed by atoms with Gasteiger partial charge in [-0.05, 0) is 42.5 Å². The van der Waals surface area contributed by atoms with Crippen molar-refractivity contribution in [1.29, 1.82) is 0 Å². The molecule has 1 N–H and O–H groups in total. The van der Waals surface area contributed by atoms with E-state index in [2.05, 4.69) is 4.98 Å². The molecule has 0 amide bonds. The Hall–Kier alpha value is -1.85. The molecule has 0 spiro atoms. The Morgan fingerprint density at radius 3 is 2.80 bits per heavy atom. The van der Waals surface area contributed by atoms with Gasteiger partial charge in [-0.1, -0.05) is 17.7 Å². The minimum atomic E-state index is -0.483. The Kier molecular flexibility index (Phi) is 3.23. The van der Waals surface area contributed by atoms with Crippen molar-refractivity contribution in [3.63, 3.8) is 0 Å². The van der Waals surface area contributed by atoms with Crippen LogP contribution in [0, 0.1) is 10.6 Å². The summed E-state index contributed by atoms with van der Waals surface area (Å²) in [5, 5.41) is 0.0812. The van der Waals surface area contributed by atoms with Crippen molar-refractivity contribution in [1.82, 2.24) is 9.55 Å². The van der Waals surface area contributed by atoms with Crippen LogP contribution in [0.3, 0.4) is 0 Å². The molecule has 1 heterocycles. The Balaban J connectivity index is 2.33. The highest BCUT2D eigenvalue weighted by Crippen LogP contribution is 2.28. The lowest BCUT2D eigenvalue weighted by molar-refractivity contribution is 0.419. The Labute approximate surface area is 124 Å². The maximum atomic E-state index is 13.6. The number of imidazole rings is 1. The summed E-state index contributed by atoms with van der Waals surface area (Å²) in [7, 11) is 1.59. The van der Waals surface area contributed by atoms with Gasteiger partial charge in [-0.15, -0.1) is 0 Å². The van der Waals surface area contributed by atoms with Crippen molar-refractivity contribution in [2.45, 2.75) is 0 Å². The third kappa shape index (κ3) is 1.99. The van der Waals surface area contributed by atoms with Crippen LogP contribution >= 0.6 is 23.8 Å². The SMILES string of the molecule is COc1cccc2c1[nH]c(=S)n2-c1ccc(Cl)c(F)c1. The molecule has 20 heavy (non-hydrogen) atoms. The number of fused-ring (bicyclic) bond motifs is 1. The van der Waals surface area contributed by atoms with E-state index >= 15 is 0 Å². The van der Waals surface area contributed by atoms with Gasteiger partial charge in [0.25, 0.3) is 0 Å². The average Bonchev–Trinajstić information content (AvgIpc) is 2.78. The molecule has 0 aliphatic carbocycles. The largest absolute Gasteiger partial charge is 0.494 e. The van der Waals surface area contributed by atoms with Crippen molar-refractivity contribution in [3.05, 3.63) is 52.0 Å². The van der Waals surface area contributed by atoms with Crippen molar-refractivity contribution in [2.24, 2.45) is 0 Å². The summed E-state index contributed by atoms with van der Waals surface area (Å²) in [5.41, 5.74) is 2.20. The number of methoxy groups -OCH3 is 1. The van der Waals surface area contributed by atoms with Crippen LogP contribution < -0.4 is 4.74 Å². The summed E-state index contributed by atoms with van der Waals surface area (Å²) in [6.45, 7) is 0. The predicted molar refractivity (Wildman–Crippen MR) is 80.0 cm³/mol. The van der Waals surface area contributed by atoms with Crippen molar-refractivity contribution in [2.75, 3.05) is 7.11 Å². The van der Waals surface area contributed by atoms with Crippen molar-refractivity contribution in [3.8, 4) is 11.4 Å². The fraction of sp³-hybridized carbons (Fsp3) is 0.0714. The van der Waals surface area contributed by atoms with E-state index in [0.29, 0.717) is 16.2 Å². The van der Waals surface area contributed by atoms with Gasteiger partial charge < -0.3 is 9.72 Å². The minimum Gasteiger partial charge on any atom is -0.494 e. The highest BCUT2D eigenvalue weighted by atomic mass is 35.5. The first-order valence-corrected chi connectivity index (χ1v) is 6.63. The lowest BCUT2D eigenvalue weighted by Crippen LogP contribution is -1.95. The molecule has 0 fully saturated rings. The smallest absolute Gasteiger partial charge is 0.182 e. The number of para-hydroxylation sites is 1. The van der Waals surface area contributed by atoms with Gasteiger partial charge in [0.05, 0.1) is 23.3 Å². The van der Waals surface area contributed by atoms with Crippen molar-refractivity contribution >= 4 is 34.9 Å². The minimum absolute atomic E-state index is 0.0812. The fourth-order valence-corrected chi connectivity index (χ4v) is 2.58. The zero-order valence-electron chi connectivity index (χ0n) is 10.5. The molecule has 1 aromatic heterocycles. The standard InChI is InChI=1S/C14H10ClFN2OS/c1-19-12-4-2-3-11-13(12)17-14(20)18(11)8-5-6-9(15)10(16)7-8/h2-7H,1H3,(H,17,20). The molecule has 3 aromatic rings. The van der Waals surface area contributed by atoms with Gasteiger partial charge in [-0.25, -0.2) is 4.39 Å². The summed E-state index contributed by atoms with van der Waals surface area (Å²) < 4.78 is 21.1. The highest BCUT2D eigenvalue weighted by Gasteiger charge is 2.11. The number of nitrogens with zero attached hydrogens (tertiary/aromatic N) is 1. The van der Waals surface area contributed by atoms with E-state index in [0.717, 1.165) is 11.0 Å². The molecule has 0 atom stereocenters. The average molecular weight is 309 g/mol. The predicted octanol–water partition coefficient (Wildman–Crippen LogP) is 4.49. The highest BCUT2D eigenvalue weighted by molar-refractivity contribution is 7.71. The Morgan fingerprint density at radius 1 is 1.30 bits per heavy atom. The van der Waals surface area contributed by atoms with Crippen molar-refractivity contribution < 1.29 is 9.13 Å². The molecule has 3 rings (SSSR count). The van der Waals surface area contributed by atoms with Gasteiger partial charge in [0.2, 0.25) is 0 Å². The molecule has 0 bridgehead atoms. The molecule has 0 radical (unpaired) electrons. The number of hydrogen-bond acceptors (Lipinski definition) is 2. The maximum Gasteiger partial charge on any atom is 0.182 e. The second-order valence-electron chi connectivity index (χ2n) is 4.22. The van der Waals surface area contributed by atoms with E-state index in [1.54, 1.807) is 17.7 Å². The summed E-state index contributed by atoms with van der Waals surface area (Å²) in [5.74, 6) is 0.199. The van der Waals surface area contributed by atoms with Crippen LogP contribution in [-0.2, 0) is 0 Å². The summed E-state index contributed by atoms with van der Waals surface area (Å²) >= 11 is 11.0. The number of nitrogens with one attached hydrogen (secondary N) is 1. The van der Waals surface area contributed by atoms with Crippen LogP contribution in [0.5, 0.6) is 5.75 Å². The zero-order valence-corrected chi connectivity index (χ0v) is 12.1. The van der Waals surface area contributed by atoms with Gasteiger partial charge in [0.15, 0.2) is 4.77 Å². The molecular weight excluding hydrogens is 299 g/mol. The summed E-state index contributed by atoms with van der Waals surface area (Å²) in [6, 6.07) is 10.1. The first-order valence-electron chi connectivity index (χ1n) is 5.85. The second kappa shape index (κ2) is 4.92. The molecular formula is C14H10ClFN2OS. The number of halogens is 2. The Morgan fingerprint density at radius 2 is 2.10 bits per heavy atom. The molecule has 6 heteroatoms. The van der Waals surface area contributed by atoms with E-state index in [1.807, 2.05) is 18.2 Å². The van der Waals surface area contributed by atoms with Crippen LogP contribution in [-0.4, -0.2) is 16.7 Å². The van der Waals surface area contributed by atoms with Gasteiger partial charge in [-0.3, -0.25) is 4.57 Å². The number of rotatable bonds is 2. The quantitative estimate of drug-likeness (QED) is 0.707. The van der Waals surface area contributed by atoms with Crippen LogP contribution in [0.15, 0.2) is 36.4 Å². The summed E-state index contributed by atoms with van der Waals surface area (Å²) in [4.78, 5) is 3.08. The van der Waals surface area contributed by atoms with E-state index in [4.69, 9.17) is 28.6 Å². The number of hydrogen-bond donors (Lipinski definition) is 1. The molecule has 0 unspecified atom stereocenters. The zero-order chi connectivity index (χ0) is 14.3. The molecule has 2 aromatic carbocycles. The number of benzene rings is 2. The summed E-state index contributed by atoms with van der Waals surface area (Å²) in [6.07, 6.45) is 0. The lowest BCUT2D eigenvalue weighted by atomic mass is 10.2. The second-order valence-corrected chi connectivity index (χ2v) is 5.01. The molecule has 0 saturated carbocycles. The number of ether oxygens (including phenoxy) is 1. The van der Waals surface area contributed by atoms with Gasteiger partial charge in [-0.2, -0.15) is 0 Å². The lowest BCUT2D eigenvalue weighted by Gasteiger charge is -2.06. The molecule has 3 nitrogen and oxygen atoms in total. The number of H-pyrrole nitrogens is 1. The van der Waals surface area contributed by atoms with E-state index in [-0.39, 0.29) is 5.02 Å². The molecule has 0 saturated heterocycles. The first-order chi connectivity index (χ1) is 9.61. The van der Waals surface area contributed by atoms with Crippen LogP contribution in [0.4, 0.5) is 4.39 Å².